The molecule has 31 heavy (non-hydrogen) atoms. The number of anilines is 1. The van der Waals surface area contributed by atoms with Gasteiger partial charge in [-0.1, -0.05) is 68.2 Å². The minimum Gasteiger partial charge on any atom is -0.306 e. The quantitative estimate of drug-likeness (QED) is 0.358. The molecule has 0 atom stereocenters. The predicted molar refractivity (Wildman–Crippen MR) is 128 cm³/mol. The number of hydrogen-bond acceptors (Lipinski definition) is 2. The van der Waals surface area contributed by atoms with Gasteiger partial charge in [0.05, 0.1) is 10.0 Å². The second-order valence-corrected chi connectivity index (χ2v) is 9.42. The van der Waals surface area contributed by atoms with E-state index in [-0.39, 0.29) is 11.3 Å². The largest absolute Gasteiger partial charge is 0.306 e. The molecule has 4 nitrogen and oxygen atoms in total. The van der Waals surface area contributed by atoms with Crippen molar-refractivity contribution < 1.29 is 4.79 Å². The Morgan fingerprint density at radius 3 is 2.35 bits per heavy atom. The van der Waals surface area contributed by atoms with Gasteiger partial charge in [0, 0.05) is 17.3 Å². The van der Waals surface area contributed by atoms with Gasteiger partial charge in [0.15, 0.2) is 0 Å². The number of benzene rings is 2. The summed E-state index contributed by atoms with van der Waals surface area (Å²) < 4.78 is 1.88. The third-order valence-corrected chi connectivity index (χ3v) is 6.02. The molecule has 2 aromatic carbocycles. The van der Waals surface area contributed by atoms with Crippen molar-refractivity contribution in [3.05, 3.63) is 87.5 Å². The second kappa shape index (κ2) is 8.03. The first-order valence-corrected chi connectivity index (χ1v) is 10.8. The number of pyridine rings is 1. The lowest BCUT2D eigenvalue weighted by atomic mass is 9.87. The molecule has 0 bridgehead atoms. The Hall–Kier alpha value is -2.82. The number of imidazole rings is 1. The summed E-state index contributed by atoms with van der Waals surface area (Å²) in [5.41, 5.74) is 4.95. The van der Waals surface area contributed by atoms with Gasteiger partial charge in [-0.25, -0.2) is 4.98 Å². The van der Waals surface area contributed by atoms with Crippen LogP contribution >= 0.6 is 23.2 Å². The summed E-state index contributed by atoms with van der Waals surface area (Å²) in [5.74, 6) is 0.382. The highest BCUT2D eigenvalue weighted by Crippen LogP contribution is 2.34. The lowest BCUT2D eigenvalue weighted by Crippen LogP contribution is -2.15. The predicted octanol–water partition coefficient (Wildman–Crippen LogP) is 7.17. The smallest absolute Gasteiger partial charge is 0.256 e. The first-order chi connectivity index (χ1) is 14.6. The maximum atomic E-state index is 13.1. The van der Waals surface area contributed by atoms with E-state index in [9.17, 15) is 4.79 Å². The Balaban J connectivity index is 1.78. The lowest BCUT2D eigenvalue weighted by molar-refractivity contribution is 0.102. The molecule has 2 heterocycles. The van der Waals surface area contributed by atoms with Gasteiger partial charge in [-0.3, -0.25) is 9.20 Å². The molecule has 0 fully saturated rings. The van der Waals surface area contributed by atoms with Gasteiger partial charge in [-0.05, 0) is 53.8 Å². The molecule has 0 saturated carbocycles. The first-order valence-electron chi connectivity index (χ1n) is 10.00. The summed E-state index contributed by atoms with van der Waals surface area (Å²) in [7, 11) is 0. The van der Waals surface area contributed by atoms with Crippen LogP contribution in [0.15, 0.2) is 60.8 Å². The molecule has 0 aliphatic rings. The van der Waals surface area contributed by atoms with Crippen LogP contribution in [0.25, 0.3) is 16.9 Å². The highest BCUT2D eigenvalue weighted by molar-refractivity contribution is 6.42. The fourth-order valence-electron chi connectivity index (χ4n) is 3.47. The molecule has 1 amide bonds. The summed E-state index contributed by atoms with van der Waals surface area (Å²) in [6, 6.07) is 16.9. The van der Waals surface area contributed by atoms with Crippen LogP contribution in [-0.4, -0.2) is 15.3 Å². The van der Waals surface area contributed by atoms with Crippen LogP contribution in [0.2, 0.25) is 10.0 Å². The number of aromatic nitrogens is 2. The maximum Gasteiger partial charge on any atom is 0.256 e. The lowest BCUT2D eigenvalue weighted by Gasteiger charge is -2.19. The van der Waals surface area contributed by atoms with Crippen LogP contribution < -0.4 is 5.32 Å². The van der Waals surface area contributed by atoms with E-state index in [1.54, 1.807) is 12.1 Å². The average Bonchev–Trinajstić information content (AvgIpc) is 3.09. The van der Waals surface area contributed by atoms with Crippen LogP contribution in [0.4, 0.5) is 5.82 Å². The minimum absolute atomic E-state index is 0.0230. The van der Waals surface area contributed by atoms with Gasteiger partial charge < -0.3 is 5.32 Å². The van der Waals surface area contributed by atoms with Crippen molar-refractivity contribution >= 4 is 40.6 Å². The second-order valence-electron chi connectivity index (χ2n) is 8.60. The minimum atomic E-state index is -0.204. The summed E-state index contributed by atoms with van der Waals surface area (Å²) in [5, 5.41) is 3.95. The molecule has 1 N–H and O–H groups in total. The van der Waals surface area contributed by atoms with Crippen molar-refractivity contribution in [2.75, 3.05) is 5.32 Å². The highest BCUT2D eigenvalue weighted by Gasteiger charge is 2.20. The van der Waals surface area contributed by atoms with Crippen LogP contribution in [0.1, 0.15) is 42.3 Å². The molecule has 0 unspecified atom stereocenters. The van der Waals surface area contributed by atoms with Crippen molar-refractivity contribution in [3.63, 3.8) is 0 Å². The number of aryl methyl sites for hydroxylation is 1. The first kappa shape index (κ1) is 21.4. The van der Waals surface area contributed by atoms with Gasteiger partial charge in [0.1, 0.15) is 17.2 Å². The van der Waals surface area contributed by atoms with Crippen LogP contribution in [0.3, 0.4) is 0 Å². The topological polar surface area (TPSA) is 46.4 Å². The number of carbonyl (C=O) groups is 1. The number of nitrogens with zero attached hydrogens (tertiary/aromatic N) is 2. The molecule has 158 valence electrons. The maximum absolute atomic E-state index is 13.1. The summed E-state index contributed by atoms with van der Waals surface area (Å²) in [6.07, 6.45) is 1.88. The summed E-state index contributed by atoms with van der Waals surface area (Å²) in [4.78, 5) is 17.9. The zero-order chi connectivity index (χ0) is 22.3. The van der Waals surface area contributed by atoms with E-state index in [2.05, 4.69) is 26.1 Å². The standard InChI is InChI=1S/C25H23Cl2N3O/c1-15-6-5-13-30-22(15)28-21(17-9-12-19(26)20(27)14-17)23(30)29-24(31)16-7-10-18(11-8-16)25(2,3)4/h5-14H,1-4H3,(H,29,31). The average molecular weight is 452 g/mol. The molecule has 6 heteroatoms. The number of amides is 1. The van der Waals surface area contributed by atoms with Gasteiger partial charge in [0.25, 0.3) is 5.91 Å². The Labute approximate surface area is 191 Å². The summed E-state index contributed by atoms with van der Waals surface area (Å²) in [6.45, 7) is 8.42. The number of rotatable bonds is 3. The highest BCUT2D eigenvalue weighted by atomic mass is 35.5. The van der Waals surface area contributed by atoms with E-state index in [4.69, 9.17) is 28.2 Å². The van der Waals surface area contributed by atoms with Crippen molar-refractivity contribution in [1.29, 1.82) is 0 Å². The number of halogens is 2. The molecule has 0 aliphatic heterocycles. The van der Waals surface area contributed by atoms with Gasteiger partial charge in [0.2, 0.25) is 0 Å². The SMILES string of the molecule is Cc1cccn2c(NC(=O)c3ccc(C(C)(C)C)cc3)c(-c3ccc(Cl)c(Cl)c3)nc12. The van der Waals surface area contributed by atoms with E-state index in [0.29, 0.717) is 27.1 Å². The monoisotopic (exact) mass is 451 g/mol. The van der Waals surface area contributed by atoms with Crippen LogP contribution in [-0.2, 0) is 5.41 Å². The van der Waals surface area contributed by atoms with Crippen LogP contribution in [0.5, 0.6) is 0 Å². The van der Waals surface area contributed by atoms with E-state index < -0.39 is 0 Å². The van der Waals surface area contributed by atoms with Gasteiger partial charge in [-0.15, -0.1) is 0 Å². The van der Waals surface area contributed by atoms with Gasteiger partial charge in [-0.2, -0.15) is 0 Å². The van der Waals surface area contributed by atoms with E-state index in [1.807, 2.05) is 60.0 Å². The number of nitrogens with one attached hydrogen (secondary N) is 1. The molecule has 0 saturated heterocycles. The molecule has 0 aliphatic carbocycles. The number of carbonyl (C=O) groups excluding carboxylic acids is 1. The fourth-order valence-corrected chi connectivity index (χ4v) is 3.77. The molecule has 4 aromatic rings. The Kier molecular flexibility index (Phi) is 5.54. The summed E-state index contributed by atoms with van der Waals surface area (Å²) >= 11 is 12.3. The zero-order valence-electron chi connectivity index (χ0n) is 17.8. The van der Waals surface area contributed by atoms with E-state index in [1.165, 1.54) is 5.56 Å². The van der Waals surface area contributed by atoms with Crippen molar-refractivity contribution in [1.82, 2.24) is 9.38 Å². The van der Waals surface area contributed by atoms with Crippen molar-refractivity contribution in [3.8, 4) is 11.3 Å². The Morgan fingerprint density at radius 1 is 1.00 bits per heavy atom. The third kappa shape index (κ3) is 4.18. The number of fused-ring (bicyclic) bond motifs is 1. The van der Waals surface area contributed by atoms with Crippen molar-refractivity contribution in [2.45, 2.75) is 33.1 Å². The Morgan fingerprint density at radius 2 is 1.71 bits per heavy atom. The molecule has 0 spiro atoms. The van der Waals surface area contributed by atoms with Crippen molar-refractivity contribution in [2.24, 2.45) is 0 Å². The fraction of sp³-hybridized carbons (Fsp3) is 0.200. The third-order valence-electron chi connectivity index (χ3n) is 5.28. The molecule has 0 radical (unpaired) electrons. The molecular weight excluding hydrogens is 429 g/mol. The molecule has 4 rings (SSSR count). The molecular formula is C25H23Cl2N3O. The van der Waals surface area contributed by atoms with E-state index >= 15 is 0 Å². The van der Waals surface area contributed by atoms with E-state index in [0.717, 1.165) is 16.8 Å². The van der Waals surface area contributed by atoms with Crippen LogP contribution in [0, 0.1) is 6.92 Å². The van der Waals surface area contributed by atoms with Gasteiger partial charge >= 0.3 is 0 Å². The normalized spacial score (nSPS) is 11.7. The zero-order valence-corrected chi connectivity index (χ0v) is 19.3. The molecule has 2 aromatic heterocycles. The Bertz CT molecular complexity index is 1280. The number of hydrogen-bond donors (Lipinski definition) is 1.